The fourth-order valence-corrected chi connectivity index (χ4v) is 2.84. The fraction of sp³-hybridized carbons (Fsp3) is 0.364. The standard InChI is InChI=1S/C11H12Br2N2O/c12-7-3-1-4-8(13)9(7)15-10(16)11(14)5-2-6-11/h1,3-4H,2,5-6,14H2,(H,15,16). The third-order valence-corrected chi connectivity index (χ3v) is 4.22. The molecule has 1 aromatic carbocycles. The summed E-state index contributed by atoms with van der Waals surface area (Å²) in [6, 6.07) is 5.65. The number of nitrogens with two attached hydrogens (primary N) is 1. The Balaban J connectivity index is 2.18. The largest absolute Gasteiger partial charge is 0.323 e. The molecule has 1 fully saturated rings. The monoisotopic (exact) mass is 346 g/mol. The third-order valence-electron chi connectivity index (χ3n) is 2.90. The minimum absolute atomic E-state index is 0.105. The minimum Gasteiger partial charge on any atom is -0.323 e. The highest BCUT2D eigenvalue weighted by Gasteiger charge is 2.40. The van der Waals surface area contributed by atoms with Gasteiger partial charge >= 0.3 is 0 Å². The molecule has 0 aromatic heterocycles. The Morgan fingerprint density at radius 2 is 1.88 bits per heavy atom. The van der Waals surface area contributed by atoms with Crippen molar-refractivity contribution in [3.63, 3.8) is 0 Å². The van der Waals surface area contributed by atoms with E-state index in [-0.39, 0.29) is 5.91 Å². The number of hydrogen-bond acceptors (Lipinski definition) is 2. The van der Waals surface area contributed by atoms with Gasteiger partial charge in [0.1, 0.15) is 0 Å². The van der Waals surface area contributed by atoms with Gasteiger partial charge in [0.2, 0.25) is 5.91 Å². The van der Waals surface area contributed by atoms with Crippen LogP contribution in [-0.2, 0) is 4.79 Å². The maximum absolute atomic E-state index is 11.9. The molecule has 3 nitrogen and oxygen atoms in total. The van der Waals surface area contributed by atoms with Crippen LogP contribution in [-0.4, -0.2) is 11.4 Å². The van der Waals surface area contributed by atoms with Crippen LogP contribution in [0.15, 0.2) is 27.1 Å². The maximum atomic E-state index is 11.9. The van der Waals surface area contributed by atoms with E-state index in [2.05, 4.69) is 37.2 Å². The number of rotatable bonds is 2. The molecule has 16 heavy (non-hydrogen) atoms. The first-order chi connectivity index (χ1) is 7.53. The van der Waals surface area contributed by atoms with Gasteiger partial charge in [-0.2, -0.15) is 0 Å². The first-order valence-electron chi connectivity index (χ1n) is 5.07. The number of benzene rings is 1. The number of amides is 1. The van der Waals surface area contributed by atoms with Crippen molar-refractivity contribution in [1.82, 2.24) is 0 Å². The van der Waals surface area contributed by atoms with E-state index in [1.54, 1.807) is 0 Å². The lowest BCUT2D eigenvalue weighted by Gasteiger charge is -2.36. The molecule has 0 aliphatic heterocycles. The number of para-hydroxylation sites is 1. The Hall–Kier alpha value is -0.390. The number of carbonyl (C=O) groups excluding carboxylic acids is 1. The Bertz CT molecular complexity index is 410. The predicted octanol–water partition coefficient (Wildman–Crippen LogP) is 3.03. The summed E-state index contributed by atoms with van der Waals surface area (Å²) in [4.78, 5) is 11.9. The van der Waals surface area contributed by atoms with Crippen molar-refractivity contribution < 1.29 is 4.79 Å². The van der Waals surface area contributed by atoms with Gasteiger partial charge in [-0.3, -0.25) is 4.79 Å². The summed E-state index contributed by atoms with van der Waals surface area (Å²) >= 11 is 6.79. The van der Waals surface area contributed by atoms with Gasteiger partial charge in [0.25, 0.3) is 0 Å². The molecule has 3 N–H and O–H groups in total. The smallest absolute Gasteiger partial charge is 0.244 e. The number of anilines is 1. The van der Waals surface area contributed by atoms with E-state index in [0.717, 1.165) is 33.9 Å². The number of halogens is 2. The molecule has 0 bridgehead atoms. The van der Waals surface area contributed by atoms with E-state index >= 15 is 0 Å². The summed E-state index contributed by atoms with van der Waals surface area (Å²) in [5.41, 5.74) is 6.02. The molecule has 0 saturated heterocycles. The molecule has 86 valence electrons. The van der Waals surface area contributed by atoms with Gasteiger partial charge in [-0.1, -0.05) is 6.07 Å². The van der Waals surface area contributed by atoms with Crippen LogP contribution < -0.4 is 11.1 Å². The van der Waals surface area contributed by atoms with Crippen molar-refractivity contribution in [2.45, 2.75) is 24.8 Å². The van der Waals surface area contributed by atoms with Crippen LogP contribution in [0.4, 0.5) is 5.69 Å². The lowest BCUT2D eigenvalue weighted by Crippen LogP contribution is -2.56. The van der Waals surface area contributed by atoms with Crippen LogP contribution in [0, 0.1) is 0 Å². The van der Waals surface area contributed by atoms with E-state index in [1.807, 2.05) is 18.2 Å². The lowest BCUT2D eigenvalue weighted by atomic mass is 9.77. The molecule has 0 heterocycles. The van der Waals surface area contributed by atoms with Crippen molar-refractivity contribution >= 4 is 43.5 Å². The van der Waals surface area contributed by atoms with Gasteiger partial charge in [-0.05, 0) is 63.3 Å². The molecule has 0 unspecified atom stereocenters. The second kappa shape index (κ2) is 4.47. The summed E-state index contributed by atoms with van der Waals surface area (Å²) in [6.07, 6.45) is 2.56. The third kappa shape index (κ3) is 2.17. The van der Waals surface area contributed by atoms with E-state index in [0.29, 0.717) is 0 Å². The van der Waals surface area contributed by atoms with Crippen molar-refractivity contribution in [2.24, 2.45) is 5.73 Å². The summed E-state index contributed by atoms with van der Waals surface area (Å²) in [6.45, 7) is 0. The van der Waals surface area contributed by atoms with Crippen LogP contribution in [0.2, 0.25) is 0 Å². The predicted molar refractivity (Wildman–Crippen MR) is 71.2 cm³/mol. The fourth-order valence-electron chi connectivity index (χ4n) is 1.64. The van der Waals surface area contributed by atoms with Crippen molar-refractivity contribution in [3.8, 4) is 0 Å². The Kier molecular flexibility index (Phi) is 3.37. The SMILES string of the molecule is NC1(C(=O)Nc2c(Br)cccc2Br)CCC1. The first kappa shape index (κ1) is 12.1. The van der Waals surface area contributed by atoms with Gasteiger partial charge < -0.3 is 11.1 Å². The van der Waals surface area contributed by atoms with Crippen LogP contribution >= 0.6 is 31.9 Å². The van der Waals surface area contributed by atoms with Crippen LogP contribution in [0.5, 0.6) is 0 Å². The highest BCUT2D eigenvalue weighted by atomic mass is 79.9. The zero-order valence-electron chi connectivity index (χ0n) is 8.59. The van der Waals surface area contributed by atoms with E-state index in [9.17, 15) is 4.79 Å². The van der Waals surface area contributed by atoms with Gasteiger partial charge in [-0.15, -0.1) is 0 Å². The average Bonchev–Trinajstić information content (AvgIpc) is 2.20. The Labute approximate surface area is 111 Å². The summed E-state index contributed by atoms with van der Waals surface area (Å²) < 4.78 is 1.69. The maximum Gasteiger partial charge on any atom is 0.244 e. The lowest BCUT2D eigenvalue weighted by molar-refractivity contribution is -0.123. The molecule has 1 amide bonds. The van der Waals surface area contributed by atoms with E-state index < -0.39 is 5.54 Å². The molecule has 0 radical (unpaired) electrons. The molecule has 0 spiro atoms. The molecule has 2 rings (SSSR count). The van der Waals surface area contributed by atoms with Crippen LogP contribution in [0.1, 0.15) is 19.3 Å². The molecular formula is C11H12Br2N2O. The van der Waals surface area contributed by atoms with Gasteiger partial charge in [0.05, 0.1) is 11.2 Å². The van der Waals surface area contributed by atoms with Crippen molar-refractivity contribution in [3.05, 3.63) is 27.1 Å². The van der Waals surface area contributed by atoms with Crippen molar-refractivity contribution in [2.75, 3.05) is 5.32 Å². The molecular weight excluding hydrogens is 336 g/mol. The highest BCUT2D eigenvalue weighted by Crippen LogP contribution is 2.34. The normalized spacial score (nSPS) is 17.7. The Morgan fingerprint density at radius 3 is 2.31 bits per heavy atom. The highest BCUT2D eigenvalue weighted by molar-refractivity contribution is 9.11. The summed E-state index contributed by atoms with van der Waals surface area (Å²) in [5, 5.41) is 2.86. The van der Waals surface area contributed by atoms with Crippen molar-refractivity contribution in [1.29, 1.82) is 0 Å². The average molecular weight is 348 g/mol. The Morgan fingerprint density at radius 1 is 1.31 bits per heavy atom. The van der Waals surface area contributed by atoms with Gasteiger partial charge in [0, 0.05) is 8.95 Å². The summed E-state index contributed by atoms with van der Waals surface area (Å²) in [7, 11) is 0. The number of hydrogen-bond donors (Lipinski definition) is 2. The molecule has 1 saturated carbocycles. The van der Waals surface area contributed by atoms with Crippen LogP contribution in [0.25, 0.3) is 0 Å². The zero-order chi connectivity index (χ0) is 11.8. The van der Waals surface area contributed by atoms with Crippen LogP contribution in [0.3, 0.4) is 0 Å². The quantitative estimate of drug-likeness (QED) is 0.863. The van der Waals surface area contributed by atoms with Gasteiger partial charge in [-0.25, -0.2) is 0 Å². The zero-order valence-corrected chi connectivity index (χ0v) is 11.8. The number of nitrogens with one attached hydrogen (secondary N) is 1. The molecule has 5 heteroatoms. The topological polar surface area (TPSA) is 55.1 Å². The second-order valence-corrected chi connectivity index (χ2v) is 5.77. The molecule has 0 atom stereocenters. The number of carbonyl (C=O) groups is 1. The molecule has 1 aliphatic rings. The van der Waals surface area contributed by atoms with E-state index in [4.69, 9.17) is 5.73 Å². The molecule has 1 aliphatic carbocycles. The molecule has 1 aromatic rings. The van der Waals surface area contributed by atoms with Gasteiger partial charge in [0.15, 0.2) is 0 Å². The minimum atomic E-state index is -0.672. The van der Waals surface area contributed by atoms with E-state index in [1.165, 1.54) is 0 Å². The summed E-state index contributed by atoms with van der Waals surface area (Å²) in [5.74, 6) is -0.105. The second-order valence-electron chi connectivity index (χ2n) is 4.06. The first-order valence-corrected chi connectivity index (χ1v) is 6.66.